The van der Waals surface area contributed by atoms with Gasteiger partial charge in [0.05, 0.1) is 32.0 Å². The third kappa shape index (κ3) is 10.1. The van der Waals surface area contributed by atoms with Crippen molar-refractivity contribution in [2.24, 2.45) is 28.6 Å². The van der Waals surface area contributed by atoms with Crippen LogP contribution in [0.3, 0.4) is 0 Å². The van der Waals surface area contributed by atoms with Crippen LogP contribution in [0.5, 0.6) is 11.5 Å². The van der Waals surface area contributed by atoms with Gasteiger partial charge in [-0.1, -0.05) is 25.5 Å². The van der Waals surface area contributed by atoms with Gasteiger partial charge in [-0.05, 0) is 94.6 Å². The minimum absolute atomic E-state index is 0.0208. The predicted molar refractivity (Wildman–Crippen MR) is 213 cm³/mol. The van der Waals surface area contributed by atoms with Gasteiger partial charge in [0.2, 0.25) is 5.78 Å². The summed E-state index contributed by atoms with van der Waals surface area (Å²) in [5.41, 5.74) is -6.69. The van der Waals surface area contributed by atoms with Crippen LogP contribution in [0.2, 0.25) is 0 Å². The highest BCUT2D eigenvalue weighted by molar-refractivity contribution is 6.01. The van der Waals surface area contributed by atoms with Crippen molar-refractivity contribution >= 4 is 29.7 Å². The molecule has 0 amide bonds. The van der Waals surface area contributed by atoms with E-state index in [4.69, 9.17) is 23.7 Å². The second kappa shape index (κ2) is 20.2. The number of halogens is 1. The van der Waals surface area contributed by atoms with Crippen molar-refractivity contribution in [2.75, 3.05) is 33.5 Å². The number of aliphatic hydroxyl groups is 1. The SMILES string of the molecule is COc1cc(C(=O)OCCCCC(CO[N+](=O)[O-])O[N+](=O)[O-])ccc1OC(=O)OCC(=O)[C@@]1(OC(=O)CCCO[N+](=O)[O-])[C@@H](C)CC2C3CCC4=CC(=O)C=C[C@]4(C)[C@@]3(F)[C@@H](O)C[C@@]21C. The molecule has 0 aliphatic heterocycles. The van der Waals surface area contributed by atoms with Crippen LogP contribution in [-0.2, 0) is 43.1 Å². The van der Waals surface area contributed by atoms with Crippen molar-refractivity contribution in [3.05, 3.63) is 77.9 Å². The zero-order chi connectivity index (χ0) is 47.9. The minimum atomic E-state index is -2.28. The monoisotopic (exact) mass is 923 g/mol. The van der Waals surface area contributed by atoms with E-state index in [0.717, 1.165) is 0 Å². The Balaban J connectivity index is 1.28. The molecular formula is C41H50FN3O20. The molecule has 5 rings (SSSR count). The van der Waals surface area contributed by atoms with Gasteiger partial charge in [0.1, 0.15) is 12.7 Å². The Morgan fingerprint density at radius 2 is 1.68 bits per heavy atom. The molecule has 65 heavy (non-hydrogen) atoms. The zero-order valence-electron chi connectivity index (χ0n) is 36.0. The molecule has 3 unspecified atom stereocenters. The smallest absolute Gasteiger partial charge is 0.493 e. The second-order valence-corrected chi connectivity index (χ2v) is 16.8. The van der Waals surface area contributed by atoms with Gasteiger partial charge in [-0.3, -0.25) is 14.4 Å². The maximum atomic E-state index is 17.9. The van der Waals surface area contributed by atoms with E-state index < -0.39 is 117 Å². The molecule has 0 heterocycles. The van der Waals surface area contributed by atoms with E-state index in [0.29, 0.717) is 12.0 Å². The number of rotatable bonds is 22. The minimum Gasteiger partial charge on any atom is -0.493 e. The predicted octanol–water partition coefficient (Wildman–Crippen LogP) is 4.78. The Bertz CT molecular complexity index is 2120. The lowest BCUT2D eigenvalue weighted by molar-refractivity contribution is -0.790. The Kier molecular flexibility index (Phi) is 15.4. The van der Waals surface area contributed by atoms with Crippen LogP contribution in [0.15, 0.2) is 42.0 Å². The molecule has 1 N–H and O–H groups in total. The van der Waals surface area contributed by atoms with E-state index in [1.165, 1.54) is 43.5 Å². The lowest BCUT2D eigenvalue weighted by atomic mass is 9.44. The maximum Gasteiger partial charge on any atom is 0.514 e. The summed E-state index contributed by atoms with van der Waals surface area (Å²) in [6.45, 7) is 2.58. The number of hydrogen-bond donors (Lipinski definition) is 1. The van der Waals surface area contributed by atoms with Gasteiger partial charge in [-0.15, -0.1) is 30.3 Å². The fourth-order valence-corrected chi connectivity index (χ4v) is 10.4. The number of allylic oxidation sites excluding steroid dienone is 4. The van der Waals surface area contributed by atoms with Gasteiger partial charge in [-0.2, -0.15) is 0 Å². The van der Waals surface area contributed by atoms with Crippen LogP contribution in [-0.4, -0.2) is 107 Å². The van der Waals surface area contributed by atoms with Gasteiger partial charge in [0, 0.05) is 29.1 Å². The molecule has 1 aromatic rings. The highest BCUT2D eigenvalue weighted by Gasteiger charge is 2.77. The number of Topliss-reactive ketones (excluding diaryl/α,β-unsaturated/α-hetero) is 1. The van der Waals surface area contributed by atoms with Crippen LogP contribution in [0.1, 0.15) is 88.9 Å². The van der Waals surface area contributed by atoms with Crippen molar-refractivity contribution in [2.45, 2.75) is 102 Å². The summed E-state index contributed by atoms with van der Waals surface area (Å²) in [6.07, 6.45) is -0.116. The molecular weight excluding hydrogens is 873 g/mol. The molecule has 3 fully saturated rings. The molecule has 23 nitrogen and oxygen atoms in total. The van der Waals surface area contributed by atoms with E-state index in [2.05, 4.69) is 14.5 Å². The molecule has 9 atom stereocenters. The number of carbonyl (C=O) groups is 5. The number of ether oxygens (including phenoxy) is 5. The largest absolute Gasteiger partial charge is 0.514 e. The average molecular weight is 924 g/mol. The van der Waals surface area contributed by atoms with Crippen molar-refractivity contribution in [3.8, 4) is 11.5 Å². The Morgan fingerprint density at radius 3 is 2.35 bits per heavy atom. The topological polar surface area (TPSA) is 309 Å². The average Bonchev–Trinajstić information content (AvgIpc) is 3.45. The van der Waals surface area contributed by atoms with Crippen molar-refractivity contribution in [1.82, 2.24) is 0 Å². The third-order valence-electron chi connectivity index (χ3n) is 13.3. The Morgan fingerprint density at radius 1 is 0.954 bits per heavy atom. The van der Waals surface area contributed by atoms with E-state index in [1.807, 2.05) is 0 Å². The maximum absolute atomic E-state index is 17.9. The van der Waals surface area contributed by atoms with Crippen LogP contribution in [0.4, 0.5) is 9.18 Å². The summed E-state index contributed by atoms with van der Waals surface area (Å²) in [6, 6.07) is 3.59. The van der Waals surface area contributed by atoms with Gasteiger partial charge in [0.15, 0.2) is 35.2 Å². The summed E-state index contributed by atoms with van der Waals surface area (Å²) >= 11 is 0. The summed E-state index contributed by atoms with van der Waals surface area (Å²) in [5.74, 6) is -5.73. The van der Waals surface area contributed by atoms with Crippen LogP contribution < -0.4 is 9.47 Å². The number of nitrogens with zero attached hydrogens (tertiary/aromatic N) is 3. The first-order valence-corrected chi connectivity index (χ1v) is 20.7. The van der Waals surface area contributed by atoms with Gasteiger partial charge < -0.3 is 43.3 Å². The standard InChI is InChI=1S/C41H50FN3O20/c1-24-18-30-29-12-11-26-20-27(46)14-15-38(26,2)40(29,42)33(47)21-39(30,3)41(24,64-35(49)9-7-17-61-43(52)53)34(48)23-60-37(51)63-31-13-10-25(19-32(31)58-4)36(50)59-16-6-5-8-28(65-45(56)57)22-62-44(54)55/h10,13-15,19-20,24,28-30,33,47H,5-9,11-12,16-18,21-23H2,1-4H3/t24-,28?,29?,30?,33-,38-,39-,40-,41-/m0/s1. The van der Waals surface area contributed by atoms with Crippen LogP contribution >= 0.6 is 0 Å². The highest BCUT2D eigenvalue weighted by Crippen LogP contribution is 2.71. The van der Waals surface area contributed by atoms with Crippen molar-refractivity contribution < 1.29 is 86.9 Å². The third-order valence-corrected chi connectivity index (χ3v) is 13.3. The summed E-state index contributed by atoms with van der Waals surface area (Å²) < 4.78 is 45.0. The Hall–Kier alpha value is -6.46. The van der Waals surface area contributed by atoms with Gasteiger partial charge in [0.25, 0.3) is 15.3 Å². The fraction of sp³-hybridized carbons (Fsp3) is 0.634. The van der Waals surface area contributed by atoms with E-state index in [-0.39, 0.29) is 74.4 Å². The first kappa shape index (κ1) is 49.6. The van der Waals surface area contributed by atoms with Crippen LogP contribution in [0.25, 0.3) is 0 Å². The second-order valence-electron chi connectivity index (χ2n) is 16.8. The van der Waals surface area contributed by atoms with Gasteiger partial charge >= 0.3 is 18.1 Å². The molecule has 3 saturated carbocycles. The van der Waals surface area contributed by atoms with Crippen molar-refractivity contribution in [1.29, 1.82) is 0 Å². The number of ketones is 2. The molecule has 1 aromatic carbocycles. The Labute approximate surface area is 369 Å². The molecule has 0 saturated heterocycles. The molecule has 0 spiro atoms. The van der Waals surface area contributed by atoms with E-state index in [1.54, 1.807) is 20.8 Å². The first-order chi connectivity index (χ1) is 30.6. The number of benzene rings is 1. The number of methoxy groups -OCH3 is 1. The number of fused-ring (bicyclic) bond motifs is 5. The number of esters is 2. The number of hydrogen-bond acceptors (Lipinski definition) is 20. The van der Waals surface area contributed by atoms with Crippen LogP contribution in [0, 0.1) is 58.9 Å². The van der Waals surface area contributed by atoms with E-state index in [9.17, 15) is 59.4 Å². The molecule has 356 valence electrons. The first-order valence-electron chi connectivity index (χ1n) is 20.7. The van der Waals surface area contributed by atoms with Crippen molar-refractivity contribution in [3.63, 3.8) is 0 Å². The number of unbranched alkanes of at least 4 members (excludes halogenated alkanes) is 1. The summed E-state index contributed by atoms with van der Waals surface area (Å²) in [4.78, 5) is 111. The van der Waals surface area contributed by atoms with E-state index >= 15 is 4.39 Å². The summed E-state index contributed by atoms with van der Waals surface area (Å²) in [7, 11) is 1.21. The molecule has 0 radical (unpaired) electrons. The zero-order valence-corrected chi connectivity index (χ0v) is 36.0. The molecule has 0 bridgehead atoms. The lowest BCUT2D eigenvalue weighted by Gasteiger charge is -2.62. The highest BCUT2D eigenvalue weighted by atomic mass is 19.1. The normalized spacial score (nSPS) is 29.0. The lowest BCUT2D eigenvalue weighted by Crippen LogP contribution is -2.70. The number of carbonyl (C=O) groups excluding carboxylic acids is 5. The van der Waals surface area contributed by atoms with Gasteiger partial charge in [-0.25, -0.2) is 14.0 Å². The molecule has 0 aromatic heterocycles. The molecule has 24 heteroatoms. The number of alkyl halides is 1. The number of aliphatic hydroxyl groups excluding tert-OH is 1. The summed E-state index contributed by atoms with van der Waals surface area (Å²) in [5, 5.41) is 40.4. The fourth-order valence-electron chi connectivity index (χ4n) is 10.4. The quantitative estimate of drug-likeness (QED) is 0.0408. The molecule has 4 aliphatic rings. The molecule has 4 aliphatic carbocycles.